The number of hydrogen-bond acceptors (Lipinski definition) is 3. The number of halogens is 1. The number of imidazole rings is 1. The first kappa shape index (κ1) is 12.9. The van der Waals surface area contributed by atoms with Crippen molar-refractivity contribution in [2.45, 2.75) is 19.4 Å². The van der Waals surface area contributed by atoms with Gasteiger partial charge in [-0.1, -0.05) is 0 Å². The van der Waals surface area contributed by atoms with Crippen molar-refractivity contribution in [1.82, 2.24) is 18.7 Å². The van der Waals surface area contributed by atoms with Crippen LogP contribution in [0, 0.1) is 0 Å². The Balaban J connectivity index is 2.62. The summed E-state index contributed by atoms with van der Waals surface area (Å²) < 4.78 is 4.28. The molecule has 6 nitrogen and oxygen atoms in total. The first-order chi connectivity index (χ1) is 8.57. The van der Waals surface area contributed by atoms with Crippen LogP contribution < -0.4 is 11.2 Å². The van der Waals surface area contributed by atoms with Gasteiger partial charge in [0.15, 0.2) is 11.2 Å². The van der Waals surface area contributed by atoms with Crippen molar-refractivity contribution >= 4 is 22.8 Å². The first-order valence-corrected chi connectivity index (χ1v) is 6.28. The first-order valence-electron chi connectivity index (χ1n) is 5.74. The van der Waals surface area contributed by atoms with Crippen LogP contribution in [0.2, 0.25) is 0 Å². The number of aromatic nitrogens is 4. The van der Waals surface area contributed by atoms with Gasteiger partial charge in [-0.2, -0.15) is 0 Å². The third kappa shape index (κ3) is 1.96. The molecule has 2 aromatic heterocycles. The molecule has 0 saturated carbocycles. The number of unbranched alkanes of at least 4 members (excludes halogenated alkanes) is 1. The van der Waals surface area contributed by atoms with Gasteiger partial charge in [-0.25, -0.2) is 9.78 Å². The Morgan fingerprint density at radius 2 is 2.00 bits per heavy atom. The van der Waals surface area contributed by atoms with Crippen molar-refractivity contribution < 1.29 is 0 Å². The highest BCUT2D eigenvalue weighted by molar-refractivity contribution is 6.17. The number of rotatable bonds is 4. The molecule has 0 aliphatic heterocycles. The molecule has 0 fully saturated rings. The lowest BCUT2D eigenvalue weighted by Crippen LogP contribution is -2.39. The lowest BCUT2D eigenvalue weighted by molar-refractivity contribution is 0.566. The zero-order chi connectivity index (χ0) is 13.3. The molecule has 0 amide bonds. The molecule has 0 aromatic carbocycles. The minimum absolute atomic E-state index is 0.289. The topological polar surface area (TPSA) is 61.8 Å². The van der Waals surface area contributed by atoms with Crippen LogP contribution in [-0.4, -0.2) is 24.6 Å². The van der Waals surface area contributed by atoms with Crippen molar-refractivity contribution in [3.63, 3.8) is 0 Å². The van der Waals surface area contributed by atoms with E-state index in [0.717, 1.165) is 6.42 Å². The third-order valence-electron chi connectivity index (χ3n) is 2.97. The van der Waals surface area contributed by atoms with E-state index in [1.807, 2.05) is 0 Å². The standard InChI is InChI=1S/C11H15ClN4O2/c1-14-7-13-9-8(14)10(17)16(6-4-3-5-12)11(18)15(9)2/h7H,3-6H2,1-2H3. The summed E-state index contributed by atoms with van der Waals surface area (Å²) in [4.78, 5) is 28.4. The summed E-state index contributed by atoms with van der Waals surface area (Å²) in [7, 11) is 3.36. The van der Waals surface area contributed by atoms with Crippen LogP contribution in [0.3, 0.4) is 0 Å². The molecule has 0 unspecified atom stereocenters. The second-order valence-corrected chi connectivity index (χ2v) is 4.60. The van der Waals surface area contributed by atoms with E-state index >= 15 is 0 Å². The van der Waals surface area contributed by atoms with E-state index in [9.17, 15) is 9.59 Å². The maximum atomic E-state index is 12.2. The highest BCUT2D eigenvalue weighted by Crippen LogP contribution is 2.03. The molecule has 18 heavy (non-hydrogen) atoms. The smallest absolute Gasteiger partial charge is 0.328 e. The SMILES string of the molecule is Cn1cnc2c1c(=O)n(CCCCCl)c(=O)n2C. The van der Waals surface area contributed by atoms with Gasteiger partial charge in [0, 0.05) is 26.5 Å². The fourth-order valence-corrected chi connectivity index (χ4v) is 2.15. The average Bonchev–Trinajstić information content (AvgIpc) is 2.73. The second-order valence-electron chi connectivity index (χ2n) is 4.22. The van der Waals surface area contributed by atoms with Crippen LogP contribution in [0.5, 0.6) is 0 Å². The van der Waals surface area contributed by atoms with Crippen molar-refractivity contribution in [3.8, 4) is 0 Å². The molecule has 2 heterocycles. The summed E-state index contributed by atoms with van der Waals surface area (Å²) in [6.07, 6.45) is 3.02. The van der Waals surface area contributed by atoms with Crippen LogP contribution in [0.4, 0.5) is 0 Å². The van der Waals surface area contributed by atoms with Gasteiger partial charge in [0.2, 0.25) is 0 Å². The monoisotopic (exact) mass is 270 g/mol. The molecule has 2 rings (SSSR count). The highest BCUT2D eigenvalue weighted by Gasteiger charge is 2.14. The molecular formula is C11H15ClN4O2. The van der Waals surface area contributed by atoms with E-state index < -0.39 is 0 Å². The quantitative estimate of drug-likeness (QED) is 0.599. The Kier molecular flexibility index (Phi) is 3.56. The molecule has 0 N–H and O–H groups in total. The van der Waals surface area contributed by atoms with Gasteiger partial charge in [0.25, 0.3) is 5.56 Å². The predicted molar refractivity (Wildman–Crippen MR) is 70.2 cm³/mol. The number of nitrogens with zero attached hydrogens (tertiary/aromatic N) is 4. The van der Waals surface area contributed by atoms with Crippen LogP contribution in [-0.2, 0) is 20.6 Å². The normalized spacial score (nSPS) is 11.3. The van der Waals surface area contributed by atoms with Crippen LogP contribution >= 0.6 is 11.6 Å². The third-order valence-corrected chi connectivity index (χ3v) is 3.23. The molecule has 0 atom stereocenters. The summed E-state index contributed by atoms with van der Waals surface area (Å²) in [6, 6.07) is 0. The Bertz CT molecular complexity index is 683. The van der Waals surface area contributed by atoms with Crippen molar-refractivity contribution in [3.05, 3.63) is 27.2 Å². The number of hydrogen-bond donors (Lipinski definition) is 0. The maximum absolute atomic E-state index is 12.2. The summed E-state index contributed by atoms with van der Waals surface area (Å²) in [6.45, 7) is 0.388. The van der Waals surface area contributed by atoms with Crippen LogP contribution in [0.25, 0.3) is 11.2 Å². The molecule has 98 valence electrons. The fraction of sp³-hybridized carbons (Fsp3) is 0.545. The summed E-state index contributed by atoms with van der Waals surface area (Å²) in [5.74, 6) is 0.531. The van der Waals surface area contributed by atoms with Gasteiger partial charge < -0.3 is 4.57 Å². The summed E-state index contributed by atoms with van der Waals surface area (Å²) in [5, 5.41) is 0. The Morgan fingerprint density at radius 1 is 1.28 bits per heavy atom. The van der Waals surface area contributed by atoms with Gasteiger partial charge in [-0.05, 0) is 12.8 Å². The maximum Gasteiger partial charge on any atom is 0.332 e. The van der Waals surface area contributed by atoms with Crippen LogP contribution in [0.15, 0.2) is 15.9 Å². The van der Waals surface area contributed by atoms with Gasteiger partial charge in [-0.15, -0.1) is 11.6 Å². The largest absolute Gasteiger partial charge is 0.332 e. The fourth-order valence-electron chi connectivity index (χ4n) is 1.96. The zero-order valence-corrected chi connectivity index (χ0v) is 11.1. The van der Waals surface area contributed by atoms with Gasteiger partial charge in [0.05, 0.1) is 6.33 Å². The van der Waals surface area contributed by atoms with E-state index in [0.29, 0.717) is 30.0 Å². The van der Waals surface area contributed by atoms with Crippen molar-refractivity contribution in [1.29, 1.82) is 0 Å². The van der Waals surface area contributed by atoms with E-state index in [-0.39, 0.29) is 11.2 Å². The van der Waals surface area contributed by atoms with E-state index in [4.69, 9.17) is 11.6 Å². The number of fused-ring (bicyclic) bond motifs is 1. The Labute approximate surface area is 108 Å². The molecule has 2 aromatic rings. The molecule has 7 heteroatoms. The number of alkyl halides is 1. The van der Waals surface area contributed by atoms with Crippen molar-refractivity contribution in [2.75, 3.05) is 5.88 Å². The minimum Gasteiger partial charge on any atom is -0.328 e. The van der Waals surface area contributed by atoms with Gasteiger partial charge in [0.1, 0.15) is 0 Å². The second kappa shape index (κ2) is 4.97. The molecule has 0 bridgehead atoms. The van der Waals surface area contributed by atoms with Gasteiger partial charge in [-0.3, -0.25) is 13.9 Å². The van der Waals surface area contributed by atoms with Gasteiger partial charge >= 0.3 is 5.69 Å². The van der Waals surface area contributed by atoms with Crippen molar-refractivity contribution in [2.24, 2.45) is 14.1 Å². The predicted octanol–water partition coefficient (Wildman–Crippen LogP) is 0.453. The zero-order valence-electron chi connectivity index (χ0n) is 10.4. The molecule has 0 aliphatic rings. The lowest BCUT2D eigenvalue weighted by atomic mass is 10.3. The minimum atomic E-state index is -0.333. The van der Waals surface area contributed by atoms with E-state index in [1.54, 1.807) is 18.7 Å². The molecule has 0 radical (unpaired) electrons. The molecule has 0 aliphatic carbocycles. The Morgan fingerprint density at radius 3 is 2.67 bits per heavy atom. The average molecular weight is 271 g/mol. The van der Waals surface area contributed by atoms with Crippen LogP contribution in [0.1, 0.15) is 12.8 Å². The van der Waals surface area contributed by atoms with E-state index in [1.165, 1.54) is 15.5 Å². The molecule has 0 spiro atoms. The Hall–Kier alpha value is -1.56. The summed E-state index contributed by atoms with van der Waals surface area (Å²) in [5.41, 5.74) is 0.243. The lowest BCUT2D eigenvalue weighted by Gasteiger charge is -2.07. The number of aryl methyl sites for hydroxylation is 2. The molecule has 0 saturated heterocycles. The highest BCUT2D eigenvalue weighted by atomic mass is 35.5. The molecular weight excluding hydrogens is 256 g/mol. The summed E-state index contributed by atoms with van der Waals surface area (Å²) >= 11 is 5.60. The van der Waals surface area contributed by atoms with E-state index in [2.05, 4.69) is 4.98 Å².